The molecule has 4 aromatic rings. The van der Waals surface area contributed by atoms with E-state index in [9.17, 15) is 0 Å². The van der Waals surface area contributed by atoms with Crippen LogP contribution in [0.3, 0.4) is 0 Å². The van der Waals surface area contributed by atoms with Gasteiger partial charge in [-0.3, -0.25) is 0 Å². The number of hydrogen-bond acceptors (Lipinski definition) is 4. The van der Waals surface area contributed by atoms with E-state index in [1.54, 1.807) is 0 Å². The maximum Gasteiger partial charge on any atom is 0.142 e. The molecule has 5 rings (SSSR count). The number of likely N-dealkylation sites (N-methyl/N-ethyl adjacent to an activating group) is 1. The summed E-state index contributed by atoms with van der Waals surface area (Å²) in [7, 11) is 6.20. The Bertz CT molecular complexity index is 1150. The van der Waals surface area contributed by atoms with Crippen molar-refractivity contribution in [1.82, 2.24) is 24.4 Å². The molecule has 3 heterocycles. The zero-order chi connectivity index (χ0) is 18.5. The van der Waals surface area contributed by atoms with Crippen molar-refractivity contribution in [3.63, 3.8) is 0 Å². The lowest BCUT2D eigenvalue weighted by molar-refractivity contribution is 0.488. The third-order valence-corrected chi connectivity index (χ3v) is 5.86. The van der Waals surface area contributed by atoms with Crippen molar-refractivity contribution >= 4 is 33.6 Å². The molecule has 138 valence electrons. The van der Waals surface area contributed by atoms with E-state index < -0.39 is 0 Å². The monoisotopic (exact) mass is 360 g/mol. The van der Waals surface area contributed by atoms with Gasteiger partial charge in [0.2, 0.25) is 0 Å². The number of anilines is 2. The van der Waals surface area contributed by atoms with Crippen molar-refractivity contribution in [1.29, 1.82) is 0 Å². The molecule has 1 aromatic carbocycles. The first-order valence-electron chi connectivity index (χ1n) is 9.46. The van der Waals surface area contributed by atoms with Gasteiger partial charge in [0.25, 0.3) is 0 Å². The molecule has 0 spiro atoms. The van der Waals surface area contributed by atoms with Crippen molar-refractivity contribution in [2.75, 3.05) is 12.4 Å². The SMILES string of the molecule is CNC1CCc2c(c3ccc(Nc4ccc5ncn(C)c5c4)nc3n2C)C1. The van der Waals surface area contributed by atoms with Crippen LogP contribution in [0.15, 0.2) is 36.7 Å². The van der Waals surface area contributed by atoms with E-state index in [-0.39, 0.29) is 0 Å². The average Bonchev–Trinajstić information content (AvgIpc) is 3.20. The van der Waals surface area contributed by atoms with E-state index >= 15 is 0 Å². The summed E-state index contributed by atoms with van der Waals surface area (Å²) < 4.78 is 4.30. The van der Waals surface area contributed by atoms with Crippen LogP contribution in [-0.4, -0.2) is 32.2 Å². The number of imidazole rings is 1. The van der Waals surface area contributed by atoms with Crippen LogP contribution in [0.5, 0.6) is 0 Å². The van der Waals surface area contributed by atoms with E-state index in [2.05, 4.69) is 58.5 Å². The highest BCUT2D eigenvalue weighted by Gasteiger charge is 2.24. The summed E-state index contributed by atoms with van der Waals surface area (Å²) >= 11 is 0. The number of nitrogens with zero attached hydrogens (tertiary/aromatic N) is 4. The molecule has 0 radical (unpaired) electrons. The minimum absolute atomic E-state index is 0.562. The Morgan fingerprint density at radius 3 is 2.89 bits per heavy atom. The predicted octanol–water partition coefficient (Wildman–Crippen LogP) is 3.28. The van der Waals surface area contributed by atoms with Gasteiger partial charge in [0.1, 0.15) is 11.5 Å². The molecule has 0 aliphatic heterocycles. The summed E-state index contributed by atoms with van der Waals surface area (Å²) in [5.74, 6) is 0.868. The molecule has 0 fully saturated rings. The summed E-state index contributed by atoms with van der Waals surface area (Å²) in [6.45, 7) is 0. The number of hydrogen-bond donors (Lipinski definition) is 2. The fourth-order valence-electron chi connectivity index (χ4n) is 4.30. The minimum Gasteiger partial charge on any atom is -0.340 e. The topological polar surface area (TPSA) is 59.7 Å². The Hall–Kier alpha value is -2.86. The molecule has 1 unspecified atom stereocenters. The molecule has 3 aromatic heterocycles. The molecule has 27 heavy (non-hydrogen) atoms. The van der Waals surface area contributed by atoms with Crippen molar-refractivity contribution in [2.24, 2.45) is 14.1 Å². The Labute approximate surface area is 158 Å². The van der Waals surface area contributed by atoms with Gasteiger partial charge in [-0.25, -0.2) is 9.97 Å². The standard InChI is InChI=1S/C21H24N6/c1-22-13-5-8-18-16(10-13)15-6-9-20(25-21(15)27(18)3)24-14-4-7-17-19(11-14)26(2)12-23-17/h4,6-7,9,11-13,22H,5,8,10H2,1-3H3,(H,24,25). The number of nitrogens with one attached hydrogen (secondary N) is 2. The molecule has 6 nitrogen and oxygen atoms in total. The lowest BCUT2D eigenvalue weighted by Crippen LogP contribution is -2.31. The molecule has 1 atom stereocenters. The number of aromatic nitrogens is 4. The molecule has 0 amide bonds. The number of rotatable bonds is 3. The second-order valence-corrected chi connectivity index (χ2v) is 7.46. The second kappa shape index (κ2) is 6.09. The Morgan fingerprint density at radius 2 is 2.04 bits per heavy atom. The van der Waals surface area contributed by atoms with Crippen LogP contribution in [0.2, 0.25) is 0 Å². The van der Waals surface area contributed by atoms with Gasteiger partial charge in [0.15, 0.2) is 0 Å². The summed E-state index contributed by atoms with van der Waals surface area (Å²) in [5, 5.41) is 8.16. The maximum atomic E-state index is 4.93. The van der Waals surface area contributed by atoms with Gasteiger partial charge in [0, 0.05) is 36.9 Å². The Balaban J connectivity index is 1.52. The van der Waals surface area contributed by atoms with Gasteiger partial charge >= 0.3 is 0 Å². The molecule has 1 aliphatic rings. The lowest BCUT2D eigenvalue weighted by atomic mass is 9.92. The summed E-state index contributed by atoms with van der Waals surface area (Å²) in [4.78, 5) is 9.31. The number of fused-ring (bicyclic) bond motifs is 4. The van der Waals surface area contributed by atoms with Gasteiger partial charge in [-0.2, -0.15) is 0 Å². The van der Waals surface area contributed by atoms with Crippen LogP contribution in [-0.2, 0) is 26.9 Å². The Morgan fingerprint density at radius 1 is 1.15 bits per heavy atom. The van der Waals surface area contributed by atoms with E-state index in [4.69, 9.17) is 4.98 Å². The second-order valence-electron chi connectivity index (χ2n) is 7.46. The smallest absolute Gasteiger partial charge is 0.142 e. The zero-order valence-corrected chi connectivity index (χ0v) is 16.0. The highest BCUT2D eigenvalue weighted by molar-refractivity contribution is 5.85. The normalized spacial score (nSPS) is 16.8. The molecular formula is C21H24N6. The van der Waals surface area contributed by atoms with Gasteiger partial charge in [0.05, 0.1) is 17.4 Å². The van der Waals surface area contributed by atoms with E-state index in [0.717, 1.165) is 41.0 Å². The van der Waals surface area contributed by atoms with Crippen LogP contribution in [0.4, 0.5) is 11.5 Å². The van der Waals surface area contributed by atoms with E-state index in [1.807, 2.05) is 24.0 Å². The van der Waals surface area contributed by atoms with Crippen molar-refractivity contribution < 1.29 is 0 Å². The fourth-order valence-corrected chi connectivity index (χ4v) is 4.30. The molecule has 6 heteroatoms. The average molecular weight is 360 g/mol. The molecule has 1 aliphatic carbocycles. The van der Waals surface area contributed by atoms with Crippen LogP contribution in [0.1, 0.15) is 17.7 Å². The first kappa shape index (κ1) is 16.3. The third-order valence-electron chi connectivity index (χ3n) is 5.86. The van der Waals surface area contributed by atoms with Gasteiger partial charge < -0.3 is 19.8 Å². The van der Waals surface area contributed by atoms with Gasteiger partial charge in [-0.05, 0) is 62.2 Å². The van der Waals surface area contributed by atoms with Crippen LogP contribution in [0, 0.1) is 0 Å². The van der Waals surface area contributed by atoms with Gasteiger partial charge in [-0.1, -0.05) is 0 Å². The minimum atomic E-state index is 0.562. The van der Waals surface area contributed by atoms with Crippen LogP contribution in [0.25, 0.3) is 22.1 Å². The molecular weight excluding hydrogens is 336 g/mol. The largest absolute Gasteiger partial charge is 0.340 e. The number of pyridine rings is 1. The lowest BCUT2D eigenvalue weighted by Gasteiger charge is -2.22. The molecule has 2 N–H and O–H groups in total. The molecule has 0 saturated carbocycles. The van der Waals surface area contributed by atoms with Crippen molar-refractivity contribution in [2.45, 2.75) is 25.3 Å². The Kier molecular flexibility index (Phi) is 3.68. The number of benzene rings is 1. The highest BCUT2D eigenvalue weighted by atomic mass is 15.1. The fraction of sp³-hybridized carbons (Fsp3) is 0.333. The predicted molar refractivity (Wildman–Crippen MR) is 110 cm³/mol. The van der Waals surface area contributed by atoms with Crippen LogP contribution < -0.4 is 10.6 Å². The zero-order valence-electron chi connectivity index (χ0n) is 16.0. The quantitative estimate of drug-likeness (QED) is 0.589. The third kappa shape index (κ3) is 2.59. The van der Waals surface area contributed by atoms with E-state index in [0.29, 0.717) is 6.04 Å². The molecule has 0 saturated heterocycles. The van der Waals surface area contributed by atoms with Crippen LogP contribution >= 0.6 is 0 Å². The van der Waals surface area contributed by atoms with E-state index in [1.165, 1.54) is 23.1 Å². The maximum absolute atomic E-state index is 4.93. The summed E-state index contributed by atoms with van der Waals surface area (Å²) in [6, 6.07) is 11.1. The summed E-state index contributed by atoms with van der Waals surface area (Å²) in [6.07, 6.45) is 5.21. The first-order chi connectivity index (χ1) is 13.1. The van der Waals surface area contributed by atoms with Crippen molar-refractivity contribution in [3.05, 3.63) is 47.9 Å². The first-order valence-corrected chi connectivity index (χ1v) is 9.46. The van der Waals surface area contributed by atoms with Crippen molar-refractivity contribution in [3.8, 4) is 0 Å². The number of aryl methyl sites for hydroxylation is 2. The highest BCUT2D eigenvalue weighted by Crippen LogP contribution is 2.32. The summed E-state index contributed by atoms with van der Waals surface area (Å²) in [5.41, 5.74) is 7.07. The molecule has 0 bridgehead atoms. The van der Waals surface area contributed by atoms with Gasteiger partial charge in [-0.15, -0.1) is 0 Å².